The fourth-order valence-electron chi connectivity index (χ4n) is 2.18. The summed E-state index contributed by atoms with van der Waals surface area (Å²) in [6.07, 6.45) is 0. The van der Waals surface area contributed by atoms with Gasteiger partial charge < -0.3 is 9.72 Å². The van der Waals surface area contributed by atoms with Gasteiger partial charge in [-0.05, 0) is 26.3 Å². The van der Waals surface area contributed by atoms with Gasteiger partial charge in [0.2, 0.25) is 0 Å². The lowest BCUT2D eigenvalue weighted by atomic mass is 10.2. The first-order valence-corrected chi connectivity index (χ1v) is 9.92. The van der Waals surface area contributed by atoms with E-state index in [1.807, 2.05) is 12.3 Å². The Hall–Kier alpha value is -1.71. The SMILES string of the molecule is CCOC(=O)c1sc2nc(CSc3nc(C)cs3)[nH]c(=O)c2c1C. The number of aromatic amines is 1. The highest BCUT2D eigenvalue weighted by atomic mass is 32.2. The molecule has 3 heterocycles. The molecule has 0 saturated heterocycles. The maximum Gasteiger partial charge on any atom is 0.348 e. The number of carbonyl (C=O) groups excluding carboxylic acids is 1. The summed E-state index contributed by atoms with van der Waals surface area (Å²) in [6.45, 7) is 5.74. The van der Waals surface area contributed by atoms with Crippen molar-refractivity contribution in [3.63, 3.8) is 0 Å². The van der Waals surface area contributed by atoms with Gasteiger partial charge >= 0.3 is 5.97 Å². The normalized spacial score (nSPS) is 11.1. The first-order valence-electron chi connectivity index (χ1n) is 7.24. The Morgan fingerprint density at radius 2 is 2.17 bits per heavy atom. The highest BCUT2D eigenvalue weighted by molar-refractivity contribution is 8.00. The molecule has 0 bridgehead atoms. The van der Waals surface area contributed by atoms with Crippen LogP contribution in [0.25, 0.3) is 10.2 Å². The summed E-state index contributed by atoms with van der Waals surface area (Å²) in [7, 11) is 0. The summed E-state index contributed by atoms with van der Waals surface area (Å²) in [5, 5.41) is 2.44. The number of hydrogen-bond donors (Lipinski definition) is 1. The fraction of sp³-hybridized carbons (Fsp3) is 0.333. The summed E-state index contributed by atoms with van der Waals surface area (Å²) >= 11 is 4.29. The molecule has 6 nitrogen and oxygen atoms in total. The highest BCUT2D eigenvalue weighted by Crippen LogP contribution is 2.29. The van der Waals surface area contributed by atoms with Gasteiger partial charge in [-0.25, -0.2) is 14.8 Å². The molecule has 24 heavy (non-hydrogen) atoms. The zero-order valence-electron chi connectivity index (χ0n) is 13.3. The maximum absolute atomic E-state index is 12.4. The molecule has 126 valence electrons. The van der Waals surface area contributed by atoms with Gasteiger partial charge in [0.05, 0.1) is 17.7 Å². The molecule has 0 atom stereocenters. The number of fused-ring (bicyclic) bond motifs is 1. The van der Waals surface area contributed by atoms with E-state index in [1.165, 1.54) is 23.1 Å². The van der Waals surface area contributed by atoms with Gasteiger partial charge in [0.1, 0.15) is 15.5 Å². The Morgan fingerprint density at radius 3 is 2.83 bits per heavy atom. The zero-order chi connectivity index (χ0) is 17.3. The van der Waals surface area contributed by atoms with Crippen molar-refractivity contribution in [2.45, 2.75) is 30.9 Å². The minimum absolute atomic E-state index is 0.227. The second-order valence-corrected chi connectivity index (χ2v) is 8.09. The Morgan fingerprint density at radius 1 is 1.38 bits per heavy atom. The predicted octanol–water partition coefficient (Wildman–Crippen LogP) is 3.53. The van der Waals surface area contributed by atoms with Gasteiger partial charge in [-0.3, -0.25) is 4.79 Å². The van der Waals surface area contributed by atoms with Crippen LogP contribution in [0.1, 0.15) is 33.7 Å². The molecular formula is C15H15N3O3S3. The van der Waals surface area contributed by atoms with Gasteiger partial charge in [0, 0.05) is 11.1 Å². The number of thioether (sulfide) groups is 1. The Labute approximate surface area is 150 Å². The molecule has 0 radical (unpaired) electrons. The number of carbonyl (C=O) groups is 1. The molecule has 0 aliphatic rings. The van der Waals surface area contributed by atoms with Crippen LogP contribution in [-0.4, -0.2) is 27.5 Å². The predicted molar refractivity (Wildman–Crippen MR) is 97.3 cm³/mol. The van der Waals surface area contributed by atoms with Crippen LogP contribution in [0.2, 0.25) is 0 Å². The van der Waals surface area contributed by atoms with Gasteiger partial charge in [0.15, 0.2) is 4.34 Å². The van der Waals surface area contributed by atoms with Gasteiger partial charge in [0.25, 0.3) is 5.56 Å². The van der Waals surface area contributed by atoms with E-state index in [2.05, 4.69) is 15.0 Å². The molecule has 0 unspecified atom stereocenters. The second kappa shape index (κ2) is 7.04. The zero-order valence-corrected chi connectivity index (χ0v) is 15.8. The molecule has 3 aromatic rings. The number of thiophene rings is 1. The van der Waals surface area contributed by atoms with E-state index in [-0.39, 0.29) is 5.56 Å². The molecule has 1 N–H and O–H groups in total. The standard InChI is InChI=1S/C15H15N3O3S3/c1-4-21-14(20)11-8(3)10-12(19)17-9(18-13(10)24-11)6-23-15-16-7(2)5-22-15/h5H,4,6H2,1-3H3,(H,17,18,19). The number of nitrogens with zero attached hydrogens (tertiary/aromatic N) is 2. The number of nitrogens with one attached hydrogen (secondary N) is 1. The molecule has 0 aromatic carbocycles. The molecule has 3 aromatic heterocycles. The first kappa shape index (κ1) is 17.1. The number of rotatable bonds is 5. The lowest BCUT2D eigenvalue weighted by Crippen LogP contribution is -2.11. The molecule has 0 aliphatic carbocycles. The molecule has 0 saturated carbocycles. The van der Waals surface area contributed by atoms with Crippen molar-refractivity contribution in [2.24, 2.45) is 0 Å². The highest BCUT2D eigenvalue weighted by Gasteiger charge is 2.20. The summed E-state index contributed by atoms with van der Waals surface area (Å²) in [5.41, 5.74) is 1.37. The van der Waals surface area contributed by atoms with Crippen molar-refractivity contribution >= 4 is 50.6 Å². The summed E-state index contributed by atoms with van der Waals surface area (Å²) < 4.78 is 5.97. The van der Waals surface area contributed by atoms with Crippen molar-refractivity contribution in [2.75, 3.05) is 6.61 Å². The number of thiazole rings is 1. The minimum atomic E-state index is -0.411. The lowest BCUT2D eigenvalue weighted by molar-refractivity contribution is 0.0531. The first-order chi connectivity index (χ1) is 11.5. The second-order valence-electron chi connectivity index (χ2n) is 5.01. The van der Waals surface area contributed by atoms with Crippen LogP contribution >= 0.6 is 34.4 Å². The molecule has 0 fully saturated rings. The van der Waals surface area contributed by atoms with Gasteiger partial charge in [-0.15, -0.1) is 22.7 Å². The van der Waals surface area contributed by atoms with Crippen LogP contribution in [-0.2, 0) is 10.5 Å². The van der Waals surface area contributed by atoms with E-state index in [0.29, 0.717) is 38.8 Å². The molecule has 3 rings (SSSR count). The third-order valence-electron chi connectivity index (χ3n) is 3.24. The van der Waals surface area contributed by atoms with Crippen molar-refractivity contribution in [1.82, 2.24) is 15.0 Å². The average Bonchev–Trinajstić information content (AvgIpc) is 3.09. The van der Waals surface area contributed by atoms with Gasteiger partial charge in [-0.1, -0.05) is 11.8 Å². The summed E-state index contributed by atoms with van der Waals surface area (Å²) in [6, 6.07) is 0. The van der Waals surface area contributed by atoms with Crippen LogP contribution < -0.4 is 5.56 Å². The van der Waals surface area contributed by atoms with E-state index in [1.54, 1.807) is 25.2 Å². The maximum atomic E-state index is 12.4. The number of ether oxygens (including phenoxy) is 1. The Balaban J connectivity index is 1.91. The van der Waals surface area contributed by atoms with Crippen LogP contribution in [0.15, 0.2) is 14.5 Å². The van der Waals surface area contributed by atoms with Gasteiger partial charge in [-0.2, -0.15) is 0 Å². The van der Waals surface area contributed by atoms with Crippen molar-refractivity contribution in [3.05, 3.63) is 37.7 Å². The number of hydrogen-bond acceptors (Lipinski definition) is 8. The van der Waals surface area contributed by atoms with Crippen LogP contribution in [0.5, 0.6) is 0 Å². The third-order valence-corrected chi connectivity index (χ3v) is 6.56. The van der Waals surface area contributed by atoms with E-state index < -0.39 is 5.97 Å². The van der Waals surface area contributed by atoms with E-state index >= 15 is 0 Å². The average molecular weight is 382 g/mol. The van der Waals surface area contributed by atoms with Crippen molar-refractivity contribution in [1.29, 1.82) is 0 Å². The molecule has 0 spiro atoms. The summed E-state index contributed by atoms with van der Waals surface area (Å²) in [4.78, 5) is 37.0. The summed E-state index contributed by atoms with van der Waals surface area (Å²) in [5.74, 6) is 0.678. The van der Waals surface area contributed by atoms with Crippen molar-refractivity contribution < 1.29 is 9.53 Å². The monoisotopic (exact) mass is 381 g/mol. The molecular weight excluding hydrogens is 366 g/mol. The number of aromatic nitrogens is 3. The molecule has 9 heteroatoms. The number of aryl methyl sites for hydroxylation is 2. The van der Waals surface area contributed by atoms with Crippen LogP contribution in [0.4, 0.5) is 0 Å². The third kappa shape index (κ3) is 3.38. The number of esters is 1. The fourth-order valence-corrected chi connectivity index (χ4v) is 4.99. The topological polar surface area (TPSA) is 84.9 Å². The lowest BCUT2D eigenvalue weighted by Gasteiger charge is -1.99. The Kier molecular flexibility index (Phi) is 5.02. The van der Waals surface area contributed by atoms with E-state index in [9.17, 15) is 9.59 Å². The van der Waals surface area contributed by atoms with E-state index in [4.69, 9.17) is 4.74 Å². The molecule has 0 aliphatic heterocycles. The van der Waals surface area contributed by atoms with Crippen LogP contribution in [0.3, 0.4) is 0 Å². The van der Waals surface area contributed by atoms with Crippen LogP contribution in [0, 0.1) is 13.8 Å². The smallest absolute Gasteiger partial charge is 0.348 e. The molecule has 0 amide bonds. The quantitative estimate of drug-likeness (QED) is 0.538. The van der Waals surface area contributed by atoms with E-state index in [0.717, 1.165) is 10.0 Å². The number of H-pyrrole nitrogens is 1. The Bertz CT molecular complexity index is 958. The minimum Gasteiger partial charge on any atom is -0.462 e. The van der Waals surface area contributed by atoms with Crippen molar-refractivity contribution in [3.8, 4) is 0 Å². The largest absolute Gasteiger partial charge is 0.462 e.